The van der Waals surface area contributed by atoms with E-state index >= 15 is 0 Å². The smallest absolute Gasteiger partial charge is 0.246 e. The van der Waals surface area contributed by atoms with Gasteiger partial charge in [-0.3, -0.25) is 0 Å². The molecule has 0 saturated heterocycles. The van der Waals surface area contributed by atoms with Crippen LogP contribution in [0.15, 0.2) is 53.4 Å². The standard InChI is InChI=1S/C16H18Cl2N2O2S/c17-14-7-4-8-15(18)16(14)23(21,22)20(12-10-19)11-9-13-5-2-1-3-6-13/h1-8H,9-12,19H2. The molecular formula is C16H18Cl2N2O2S. The van der Waals surface area contributed by atoms with Gasteiger partial charge >= 0.3 is 0 Å². The Bertz CT molecular complexity index is 732. The Labute approximate surface area is 146 Å². The molecule has 0 aliphatic rings. The fourth-order valence-corrected chi connectivity index (χ4v) is 4.80. The van der Waals surface area contributed by atoms with Gasteiger partial charge in [0.05, 0.1) is 10.0 Å². The molecule has 0 saturated carbocycles. The quantitative estimate of drug-likeness (QED) is 0.811. The van der Waals surface area contributed by atoms with Gasteiger partial charge in [0.25, 0.3) is 0 Å². The third-order valence-corrected chi connectivity index (χ3v) is 6.24. The topological polar surface area (TPSA) is 63.4 Å². The molecule has 0 aliphatic carbocycles. The van der Waals surface area contributed by atoms with Gasteiger partial charge < -0.3 is 5.73 Å². The maximum absolute atomic E-state index is 12.9. The second-order valence-electron chi connectivity index (χ2n) is 4.98. The lowest BCUT2D eigenvalue weighted by molar-refractivity contribution is 0.422. The molecule has 2 aromatic rings. The summed E-state index contributed by atoms with van der Waals surface area (Å²) >= 11 is 12.1. The van der Waals surface area contributed by atoms with Crippen LogP contribution in [0, 0.1) is 0 Å². The Morgan fingerprint density at radius 3 is 2.09 bits per heavy atom. The van der Waals surface area contributed by atoms with Crippen molar-refractivity contribution in [1.29, 1.82) is 0 Å². The normalized spacial score (nSPS) is 11.8. The maximum Gasteiger partial charge on any atom is 0.246 e. The maximum atomic E-state index is 12.9. The number of halogens is 2. The summed E-state index contributed by atoms with van der Waals surface area (Å²) in [5.74, 6) is 0. The van der Waals surface area contributed by atoms with Gasteiger partial charge in [-0.25, -0.2) is 8.42 Å². The highest BCUT2D eigenvalue weighted by Crippen LogP contribution is 2.31. The van der Waals surface area contributed by atoms with Crippen molar-refractivity contribution in [2.45, 2.75) is 11.3 Å². The Kier molecular flexibility index (Phi) is 6.44. The largest absolute Gasteiger partial charge is 0.329 e. The second-order valence-corrected chi connectivity index (χ2v) is 7.67. The molecule has 0 amide bonds. The zero-order valence-electron chi connectivity index (χ0n) is 12.5. The van der Waals surface area contributed by atoms with E-state index in [9.17, 15) is 8.42 Å². The zero-order valence-corrected chi connectivity index (χ0v) is 14.8. The summed E-state index contributed by atoms with van der Waals surface area (Å²) in [7, 11) is -3.81. The number of benzene rings is 2. The fourth-order valence-electron chi connectivity index (χ4n) is 2.25. The van der Waals surface area contributed by atoms with Gasteiger partial charge in [-0.15, -0.1) is 0 Å². The second kappa shape index (κ2) is 8.13. The van der Waals surface area contributed by atoms with Crippen LogP contribution in [0.2, 0.25) is 10.0 Å². The molecule has 0 radical (unpaired) electrons. The predicted molar refractivity (Wildman–Crippen MR) is 94.4 cm³/mol. The number of sulfonamides is 1. The molecular weight excluding hydrogens is 355 g/mol. The van der Waals surface area contributed by atoms with Crippen LogP contribution in [-0.4, -0.2) is 32.4 Å². The number of nitrogens with two attached hydrogens (primary N) is 1. The SMILES string of the molecule is NCCN(CCc1ccccc1)S(=O)(=O)c1c(Cl)cccc1Cl. The van der Waals surface area contributed by atoms with Gasteiger partial charge in [0.15, 0.2) is 0 Å². The van der Waals surface area contributed by atoms with Gasteiger partial charge in [-0.1, -0.05) is 59.6 Å². The van der Waals surface area contributed by atoms with Crippen LogP contribution in [0.5, 0.6) is 0 Å². The molecule has 7 heteroatoms. The van der Waals surface area contributed by atoms with Gasteiger partial charge in [-0.05, 0) is 24.1 Å². The van der Waals surface area contributed by atoms with Gasteiger partial charge in [0, 0.05) is 19.6 Å². The minimum atomic E-state index is -3.81. The summed E-state index contributed by atoms with van der Waals surface area (Å²) in [5, 5.41) is 0.221. The minimum Gasteiger partial charge on any atom is -0.329 e. The van der Waals surface area contributed by atoms with Gasteiger partial charge in [0.1, 0.15) is 4.90 Å². The molecule has 0 aliphatic heterocycles. The predicted octanol–water partition coefficient (Wildman–Crippen LogP) is 3.19. The molecule has 23 heavy (non-hydrogen) atoms. The van der Waals surface area contributed by atoms with E-state index in [1.165, 1.54) is 16.4 Å². The Balaban J connectivity index is 2.28. The highest BCUT2D eigenvalue weighted by atomic mass is 35.5. The minimum absolute atomic E-state index is 0.0650. The van der Waals surface area contributed by atoms with Crippen LogP contribution in [0.25, 0.3) is 0 Å². The van der Waals surface area contributed by atoms with Crippen LogP contribution < -0.4 is 5.73 Å². The van der Waals surface area contributed by atoms with E-state index in [1.54, 1.807) is 6.07 Å². The Hall–Kier alpha value is -1.11. The summed E-state index contributed by atoms with van der Waals surface area (Å²) in [5.41, 5.74) is 6.63. The summed E-state index contributed by atoms with van der Waals surface area (Å²) in [6.07, 6.45) is 0.585. The van der Waals surface area contributed by atoms with E-state index < -0.39 is 10.0 Å². The zero-order chi connectivity index (χ0) is 16.9. The fraction of sp³-hybridized carbons (Fsp3) is 0.250. The lowest BCUT2D eigenvalue weighted by Gasteiger charge is -2.22. The first-order valence-corrected chi connectivity index (χ1v) is 9.34. The molecule has 2 rings (SSSR count). The first-order valence-electron chi connectivity index (χ1n) is 7.15. The molecule has 0 heterocycles. The summed E-state index contributed by atoms with van der Waals surface area (Å²) in [4.78, 5) is -0.0650. The highest BCUT2D eigenvalue weighted by Gasteiger charge is 2.28. The molecule has 0 bridgehead atoms. The van der Waals surface area contributed by atoms with Gasteiger partial charge in [-0.2, -0.15) is 4.31 Å². The Morgan fingerprint density at radius 1 is 0.913 bits per heavy atom. The molecule has 4 nitrogen and oxygen atoms in total. The molecule has 2 aromatic carbocycles. The number of hydrogen-bond donors (Lipinski definition) is 1. The monoisotopic (exact) mass is 372 g/mol. The van der Waals surface area contributed by atoms with Crippen molar-refractivity contribution in [3.05, 3.63) is 64.1 Å². The molecule has 0 fully saturated rings. The van der Waals surface area contributed by atoms with E-state index in [2.05, 4.69) is 0 Å². The molecule has 124 valence electrons. The number of hydrogen-bond acceptors (Lipinski definition) is 3. The lowest BCUT2D eigenvalue weighted by Crippen LogP contribution is -2.37. The van der Waals surface area contributed by atoms with Crippen LogP contribution in [0.1, 0.15) is 5.56 Å². The molecule has 0 aromatic heterocycles. The van der Waals surface area contributed by atoms with Gasteiger partial charge in [0.2, 0.25) is 10.0 Å². The molecule has 0 atom stereocenters. The van der Waals surface area contributed by atoms with E-state index in [4.69, 9.17) is 28.9 Å². The van der Waals surface area contributed by atoms with E-state index in [0.717, 1.165) is 5.56 Å². The Morgan fingerprint density at radius 2 is 1.52 bits per heavy atom. The molecule has 0 unspecified atom stereocenters. The molecule has 2 N–H and O–H groups in total. The number of nitrogens with zero attached hydrogens (tertiary/aromatic N) is 1. The van der Waals surface area contributed by atoms with E-state index in [-0.39, 0.29) is 28.0 Å². The van der Waals surface area contributed by atoms with E-state index in [0.29, 0.717) is 13.0 Å². The van der Waals surface area contributed by atoms with E-state index in [1.807, 2.05) is 30.3 Å². The summed E-state index contributed by atoms with van der Waals surface area (Å²) in [6, 6.07) is 14.3. The lowest BCUT2D eigenvalue weighted by atomic mass is 10.1. The van der Waals surface area contributed by atoms with Crippen molar-refractivity contribution in [3.8, 4) is 0 Å². The van der Waals surface area contributed by atoms with Crippen LogP contribution in [-0.2, 0) is 16.4 Å². The summed E-state index contributed by atoms with van der Waals surface area (Å²) < 4.78 is 27.1. The van der Waals surface area contributed by atoms with Crippen molar-refractivity contribution < 1.29 is 8.42 Å². The van der Waals surface area contributed by atoms with Crippen LogP contribution in [0.4, 0.5) is 0 Å². The van der Waals surface area contributed by atoms with Crippen molar-refractivity contribution in [1.82, 2.24) is 4.31 Å². The van der Waals surface area contributed by atoms with Crippen LogP contribution >= 0.6 is 23.2 Å². The highest BCUT2D eigenvalue weighted by molar-refractivity contribution is 7.89. The average Bonchev–Trinajstić information content (AvgIpc) is 2.52. The first-order chi connectivity index (χ1) is 11.0. The van der Waals surface area contributed by atoms with Crippen molar-refractivity contribution in [2.24, 2.45) is 5.73 Å². The summed E-state index contributed by atoms with van der Waals surface area (Å²) in [6.45, 7) is 0.734. The van der Waals surface area contributed by atoms with Crippen molar-refractivity contribution in [2.75, 3.05) is 19.6 Å². The average molecular weight is 373 g/mol. The van der Waals surface area contributed by atoms with Crippen molar-refractivity contribution in [3.63, 3.8) is 0 Å². The first kappa shape index (κ1) is 18.2. The third kappa shape index (κ3) is 4.46. The van der Waals surface area contributed by atoms with Crippen LogP contribution in [0.3, 0.4) is 0 Å². The molecule has 0 spiro atoms. The number of rotatable bonds is 7. The third-order valence-electron chi connectivity index (χ3n) is 3.39. The van der Waals surface area contributed by atoms with Crippen molar-refractivity contribution >= 4 is 33.2 Å².